The van der Waals surface area contributed by atoms with E-state index in [1.165, 1.54) is 23.4 Å². The summed E-state index contributed by atoms with van der Waals surface area (Å²) in [5.41, 5.74) is 1.21. The first-order valence-corrected chi connectivity index (χ1v) is 9.18. The Morgan fingerprint density at radius 1 is 1.07 bits per heavy atom. The lowest BCUT2D eigenvalue weighted by molar-refractivity contribution is -0.139. The lowest BCUT2D eigenvalue weighted by Crippen LogP contribution is -2.22. The molecule has 0 saturated carbocycles. The van der Waals surface area contributed by atoms with Crippen LogP contribution >= 0.6 is 11.8 Å². The zero-order valence-corrected chi connectivity index (χ0v) is 15.5. The number of aromatic nitrogens is 4. The quantitative estimate of drug-likeness (QED) is 0.400. The average Bonchev–Trinajstić information content (AvgIpc) is 3.11. The van der Waals surface area contributed by atoms with Crippen LogP contribution in [0.3, 0.4) is 0 Å². The number of hydrogen-bond acceptors (Lipinski definition) is 6. The zero-order valence-electron chi connectivity index (χ0n) is 14.7. The van der Waals surface area contributed by atoms with E-state index >= 15 is 0 Å². The Balaban J connectivity index is 2.04. The standard InChI is InChI=1S/C19H16N4O3S/c1-12(17(25)26-2)27-19-21-20-18-22(13-8-4-3-5-9-13)16(24)14-10-6-7-11-15(14)23(18)19/h3-12H,1-2H3/t12-/m0/s1. The second-order valence-corrected chi connectivity index (χ2v) is 7.20. The van der Waals surface area contributed by atoms with Crippen LogP contribution in [-0.4, -0.2) is 37.5 Å². The molecule has 0 N–H and O–H groups in total. The third kappa shape index (κ3) is 2.87. The van der Waals surface area contributed by atoms with Gasteiger partial charge in [-0.1, -0.05) is 42.1 Å². The molecule has 0 unspecified atom stereocenters. The minimum atomic E-state index is -0.460. The average molecular weight is 380 g/mol. The van der Waals surface area contributed by atoms with Crippen molar-refractivity contribution in [2.45, 2.75) is 17.3 Å². The van der Waals surface area contributed by atoms with Crippen molar-refractivity contribution in [2.75, 3.05) is 7.11 Å². The van der Waals surface area contributed by atoms with Crippen molar-refractivity contribution in [3.8, 4) is 5.69 Å². The molecule has 4 rings (SSSR count). The van der Waals surface area contributed by atoms with E-state index in [0.29, 0.717) is 27.5 Å². The van der Waals surface area contributed by atoms with E-state index in [2.05, 4.69) is 10.2 Å². The number of methoxy groups -OCH3 is 1. The lowest BCUT2D eigenvalue weighted by Gasteiger charge is -2.12. The molecule has 2 aromatic heterocycles. The first-order valence-electron chi connectivity index (χ1n) is 8.30. The minimum absolute atomic E-state index is 0.172. The van der Waals surface area contributed by atoms with Gasteiger partial charge in [0.2, 0.25) is 5.78 Å². The number of carbonyl (C=O) groups excluding carboxylic acids is 1. The Labute approximate surface area is 158 Å². The number of hydrogen-bond donors (Lipinski definition) is 0. The van der Waals surface area contributed by atoms with Crippen molar-refractivity contribution in [1.29, 1.82) is 0 Å². The van der Waals surface area contributed by atoms with Crippen LogP contribution in [0, 0.1) is 0 Å². The number of esters is 1. The van der Waals surface area contributed by atoms with Gasteiger partial charge in [-0.15, -0.1) is 10.2 Å². The molecule has 0 radical (unpaired) electrons. The van der Waals surface area contributed by atoms with E-state index < -0.39 is 5.25 Å². The maximum absolute atomic E-state index is 13.1. The summed E-state index contributed by atoms with van der Waals surface area (Å²) in [6, 6.07) is 16.6. The van der Waals surface area contributed by atoms with E-state index in [1.54, 1.807) is 17.4 Å². The molecule has 2 heterocycles. The summed E-state index contributed by atoms with van der Waals surface area (Å²) in [6.45, 7) is 1.74. The number of thioether (sulfide) groups is 1. The van der Waals surface area contributed by atoms with E-state index in [4.69, 9.17) is 4.74 Å². The smallest absolute Gasteiger partial charge is 0.318 e. The highest BCUT2D eigenvalue weighted by atomic mass is 32.2. The predicted octanol–water partition coefficient (Wildman–Crippen LogP) is 2.69. The van der Waals surface area contributed by atoms with Gasteiger partial charge in [0.05, 0.1) is 23.7 Å². The molecule has 0 fully saturated rings. The van der Waals surface area contributed by atoms with Gasteiger partial charge in [-0.25, -0.2) is 4.57 Å². The van der Waals surface area contributed by atoms with Crippen molar-refractivity contribution < 1.29 is 9.53 Å². The SMILES string of the molecule is COC(=O)[C@H](C)Sc1nnc2n(-c3ccccc3)c(=O)c3ccccc3n12. The van der Waals surface area contributed by atoms with Gasteiger partial charge in [0.25, 0.3) is 5.56 Å². The Morgan fingerprint density at radius 3 is 2.52 bits per heavy atom. The summed E-state index contributed by atoms with van der Waals surface area (Å²) < 4.78 is 8.13. The first-order chi connectivity index (χ1) is 13.1. The molecular weight excluding hydrogens is 364 g/mol. The fraction of sp³-hybridized carbons (Fsp3) is 0.158. The summed E-state index contributed by atoms with van der Waals surface area (Å²) in [4.78, 5) is 25.0. The van der Waals surface area contributed by atoms with Crippen LogP contribution in [-0.2, 0) is 9.53 Å². The predicted molar refractivity (Wildman–Crippen MR) is 103 cm³/mol. The summed E-state index contributed by atoms with van der Waals surface area (Å²) >= 11 is 1.24. The van der Waals surface area contributed by atoms with Crippen molar-refractivity contribution in [3.63, 3.8) is 0 Å². The fourth-order valence-electron chi connectivity index (χ4n) is 2.94. The molecule has 136 valence electrons. The molecule has 0 bridgehead atoms. The van der Waals surface area contributed by atoms with Gasteiger partial charge in [0.15, 0.2) is 5.16 Å². The highest BCUT2D eigenvalue weighted by Crippen LogP contribution is 2.26. The second-order valence-electron chi connectivity index (χ2n) is 5.89. The van der Waals surface area contributed by atoms with Crippen molar-refractivity contribution >= 4 is 34.4 Å². The van der Waals surface area contributed by atoms with Crippen LogP contribution in [0.4, 0.5) is 0 Å². The molecule has 8 heteroatoms. The highest BCUT2D eigenvalue weighted by Gasteiger charge is 2.22. The van der Waals surface area contributed by atoms with Gasteiger partial charge in [0.1, 0.15) is 5.25 Å². The van der Waals surface area contributed by atoms with Crippen LogP contribution in [0.25, 0.3) is 22.4 Å². The largest absolute Gasteiger partial charge is 0.468 e. The second kappa shape index (κ2) is 6.88. The molecule has 0 aliphatic heterocycles. The Morgan fingerprint density at radius 2 is 1.78 bits per heavy atom. The third-order valence-electron chi connectivity index (χ3n) is 4.22. The topological polar surface area (TPSA) is 78.5 Å². The van der Waals surface area contributed by atoms with E-state index in [-0.39, 0.29) is 11.5 Å². The van der Waals surface area contributed by atoms with Crippen LogP contribution in [0.15, 0.2) is 64.5 Å². The number of rotatable bonds is 4. The monoisotopic (exact) mass is 380 g/mol. The van der Waals surface area contributed by atoms with Gasteiger partial charge < -0.3 is 4.74 Å². The first kappa shape index (κ1) is 17.3. The molecule has 1 atom stereocenters. The molecule has 0 spiro atoms. The number of benzene rings is 2. The summed E-state index contributed by atoms with van der Waals surface area (Å²) in [6.07, 6.45) is 0. The number of fused-ring (bicyclic) bond motifs is 3. The van der Waals surface area contributed by atoms with Gasteiger partial charge in [0, 0.05) is 0 Å². The maximum Gasteiger partial charge on any atom is 0.318 e. The summed E-state index contributed by atoms with van der Waals surface area (Å²) in [7, 11) is 1.35. The van der Waals surface area contributed by atoms with Crippen LogP contribution in [0.2, 0.25) is 0 Å². The van der Waals surface area contributed by atoms with Crippen LogP contribution in [0.1, 0.15) is 6.92 Å². The summed E-state index contributed by atoms with van der Waals surface area (Å²) in [5, 5.41) is 9.09. The van der Waals surface area contributed by atoms with Gasteiger partial charge in [-0.2, -0.15) is 0 Å². The van der Waals surface area contributed by atoms with Crippen molar-refractivity contribution in [3.05, 3.63) is 65.0 Å². The molecule has 27 heavy (non-hydrogen) atoms. The molecule has 0 aliphatic carbocycles. The fourth-order valence-corrected chi connectivity index (χ4v) is 3.82. The lowest BCUT2D eigenvalue weighted by atomic mass is 10.2. The van der Waals surface area contributed by atoms with Crippen molar-refractivity contribution in [2.24, 2.45) is 0 Å². The molecule has 0 aliphatic rings. The molecule has 0 amide bonds. The molecule has 4 aromatic rings. The summed E-state index contributed by atoms with van der Waals surface area (Å²) in [5.74, 6) is 0.0434. The van der Waals surface area contributed by atoms with Crippen molar-refractivity contribution in [1.82, 2.24) is 19.2 Å². The van der Waals surface area contributed by atoms with Crippen LogP contribution < -0.4 is 5.56 Å². The van der Waals surface area contributed by atoms with Gasteiger partial charge in [-0.3, -0.25) is 14.0 Å². The molecule has 2 aromatic carbocycles. The Kier molecular flexibility index (Phi) is 4.41. The van der Waals surface area contributed by atoms with E-state index in [1.807, 2.05) is 48.5 Å². The third-order valence-corrected chi connectivity index (χ3v) is 5.25. The number of nitrogens with zero attached hydrogens (tertiary/aromatic N) is 4. The van der Waals surface area contributed by atoms with Gasteiger partial charge in [-0.05, 0) is 31.2 Å². The Bertz CT molecular complexity index is 1200. The minimum Gasteiger partial charge on any atom is -0.468 e. The number of ether oxygens (including phenoxy) is 1. The molecule has 0 saturated heterocycles. The van der Waals surface area contributed by atoms with E-state index in [0.717, 1.165) is 0 Å². The highest BCUT2D eigenvalue weighted by molar-refractivity contribution is 8.00. The molecule has 7 nitrogen and oxygen atoms in total. The maximum atomic E-state index is 13.1. The zero-order chi connectivity index (χ0) is 19.0. The normalized spacial score (nSPS) is 12.4. The number of para-hydroxylation sites is 2. The van der Waals surface area contributed by atoms with E-state index in [9.17, 15) is 9.59 Å². The number of carbonyl (C=O) groups is 1. The Hall–Kier alpha value is -3.13. The van der Waals surface area contributed by atoms with Gasteiger partial charge >= 0.3 is 5.97 Å². The van der Waals surface area contributed by atoms with Crippen LogP contribution in [0.5, 0.6) is 0 Å². The molecular formula is C19H16N4O3S.